The van der Waals surface area contributed by atoms with Crippen LogP contribution in [-0.4, -0.2) is 12.1 Å². The van der Waals surface area contributed by atoms with Gasteiger partial charge in [-0.05, 0) is 11.1 Å². The molecular weight excluding hydrogens is 200 g/mol. The van der Waals surface area contributed by atoms with Gasteiger partial charge >= 0.3 is 0 Å². The lowest BCUT2D eigenvalue weighted by atomic mass is 10.0. The highest BCUT2D eigenvalue weighted by Gasteiger charge is 2.28. The first-order valence-electron chi connectivity index (χ1n) is 4.98. The second-order valence-electron chi connectivity index (χ2n) is 3.70. The highest BCUT2D eigenvalue weighted by Crippen LogP contribution is 2.37. The van der Waals surface area contributed by atoms with Crippen molar-refractivity contribution >= 4 is 12.1 Å². The maximum Gasteiger partial charge on any atom is 0.234 e. The highest BCUT2D eigenvalue weighted by molar-refractivity contribution is 6.24. The maximum atomic E-state index is 12.1. The molecule has 0 heterocycles. The van der Waals surface area contributed by atoms with Gasteiger partial charge in [0.05, 0.1) is 0 Å². The summed E-state index contributed by atoms with van der Waals surface area (Å²) in [5.74, 6) is -0.0791. The predicted octanol–water partition coefficient (Wildman–Crippen LogP) is 2.36. The monoisotopic (exact) mass is 207 g/mol. The first kappa shape index (κ1) is 9.04. The van der Waals surface area contributed by atoms with Crippen LogP contribution < -0.4 is 0 Å². The van der Waals surface area contributed by atoms with Crippen molar-refractivity contribution in [3.05, 3.63) is 59.2 Å². The summed E-state index contributed by atoms with van der Waals surface area (Å²) in [6.07, 6.45) is 1.82. The molecule has 1 radical (unpaired) electrons. The Morgan fingerprint density at radius 1 is 0.812 bits per heavy atom. The number of fused-ring (bicyclic) bond motifs is 3. The third-order valence-corrected chi connectivity index (χ3v) is 2.86. The Kier molecular flexibility index (Phi) is 1.77. The Hall–Kier alpha value is -2.22. The number of hydrogen-bond donors (Lipinski definition) is 0. The zero-order valence-corrected chi connectivity index (χ0v) is 8.36. The Morgan fingerprint density at radius 3 is 2.25 bits per heavy atom. The lowest BCUT2D eigenvalue weighted by Gasteiger charge is -1.99. The van der Waals surface area contributed by atoms with Crippen LogP contribution in [0, 0.1) is 0 Å². The molecule has 0 saturated heterocycles. The topological polar surface area (TPSA) is 34.1 Å². The molecule has 0 fully saturated rings. The van der Waals surface area contributed by atoms with Gasteiger partial charge in [0, 0.05) is 16.7 Å². The summed E-state index contributed by atoms with van der Waals surface area (Å²) in [6.45, 7) is 0. The first-order valence-corrected chi connectivity index (χ1v) is 4.98. The molecule has 0 saturated carbocycles. The van der Waals surface area contributed by atoms with E-state index in [9.17, 15) is 9.59 Å². The SMILES string of the molecule is O=[C]c1cccc2c1C(=O)c1ccccc1-2. The average molecular weight is 207 g/mol. The molecule has 2 aromatic carbocycles. The van der Waals surface area contributed by atoms with Crippen molar-refractivity contribution in [3.8, 4) is 11.1 Å². The van der Waals surface area contributed by atoms with Gasteiger partial charge in [-0.3, -0.25) is 9.59 Å². The number of carbonyl (C=O) groups excluding carboxylic acids is 2. The van der Waals surface area contributed by atoms with E-state index in [4.69, 9.17) is 0 Å². The quantitative estimate of drug-likeness (QED) is 0.613. The molecule has 16 heavy (non-hydrogen) atoms. The van der Waals surface area contributed by atoms with E-state index in [-0.39, 0.29) is 5.78 Å². The second-order valence-corrected chi connectivity index (χ2v) is 3.70. The van der Waals surface area contributed by atoms with Gasteiger partial charge in [-0.15, -0.1) is 0 Å². The Bertz CT molecular complexity index is 612. The van der Waals surface area contributed by atoms with Crippen molar-refractivity contribution in [1.82, 2.24) is 0 Å². The van der Waals surface area contributed by atoms with Gasteiger partial charge in [-0.1, -0.05) is 42.5 Å². The lowest BCUT2D eigenvalue weighted by Crippen LogP contribution is -1.99. The number of hydrogen-bond acceptors (Lipinski definition) is 2. The molecule has 3 rings (SSSR count). The van der Waals surface area contributed by atoms with Crippen LogP contribution in [0.3, 0.4) is 0 Å². The molecule has 0 atom stereocenters. The summed E-state index contributed by atoms with van der Waals surface area (Å²) < 4.78 is 0. The Labute approximate surface area is 92.5 Å². The van der Waals surface area contributed by atoms with Crippen LogP contribution in [0.2, 0.25) is 0 Å². The Balaban J connectivity index is 2.41. The molecule has 0 aromatic heterocycles. The average Bonchev–Trinajstić information content (AvgIpc) is 2.64. The third kappa shape index (κ3) is 1.01. The summed E-state index contributed by atoms with van der Waals surface area (Å²) >= 11 is 0. The van der Waals surface area contributed by atoms with Gasteiger partial charge < -0.3 is 0 Å². The van der Waals surface area contributed by atoms with Crippen molar-refractivity contribution < 1.29 is 9.59 Å². The van der Waals surface area contributed by atoms with E-state index in [2.05, 4.69) is 0 Å². The summed E-state index contributed by atoms with van der Waals surface area (Å²) in [5, 5.41) is 0. The van der Waals surface area contributed by atoms with Crippen LogP contribution in [0.1, 0.15) is 21.5 Å². The summed E-state index contributed by atoms with van der Waals surface area (Å²) in [7, 11) is 0. The van der Waals surface area contributed by atoms with Crippen LogP contribution in [-0.2, 0) is 4.79 Å². The number of benzene rings is 2. The minimum Gasteiger partial charge on any atom is -0.289 e. The van der Waals surface area contributed by atoms with Gasteiger partial charge in [0.15, 0.2) is 5.78 Å². The predicted molar refractivity (Wildman–Crippen MR) is 60.1 cm³/mol. The minimum absolute atomic E-state index is 0.0791. The largest absolute Gasteiger partial charge is 0.289 e. The molecule has 0 N–H and O–H groups in total. The smallest absolute Gasteiger partial charge is 0.234 e. The van der Waals surface area contributed by atoms with E-state index in [1.54, 1.807) is 18.2 Å². The molecule has 0 aliphatic heterocycles. The van der Waals surface area contributed by atoms with Gasteiger partial charge in [0.1, 0.15) is 0 Å². The molecule has 1 aliphatic carbocycles. The molecule has 0 amide bonds. The van der Waals surface area contributed by atoms with Crippen LogP contribution in [0.5, 0.6) is 0 Å². The maximum absolute atomic E-state index is 12.1. The van der Waals surface area contributed by atoms with Crippen molar-refractivity contribution in [1.29, 1.82) is 0 Å². The van der Waals surface area contributed by atoms with Gasteiger partial charge in [0.25, 0.3) is 0 Å². The number of ketones is 1. The molecule has 2 aromatic rings. The normalized spacial score (nSPS) is 12.1. The molecule has 75 valence electrons. The molecule has 2 nitrogen and oxygen atoms in total. The van der Waals surface area contributed by atoms with Crippen molar-refractivity contribution in [2.45, 2.75) is 0 Å². The van der Waals surface area contributed by atoms with Crippen LogP contribution in [0.15, 0.2) is 42.5 Å². The summed E-state index contributed by atoms with van der Waals surface area (Å²) in [6, 6.07) is 12.6. The summed E-state index contributed by atoms with van der Waals surface area (Å²) in [4.78, 5) is 22.9. The molecular formula is C14H7O2. The highest BCUT2D eigenvalue weighted by atomic mass is 16.1. The second kappa shape index (κ2) is 3.14. The van der Waals surface area contributed by atoms with E-state index in [1.165, 1.54) is 0 Å². The van der Waals surface area contributed by atoms with E-state index < -0.39 is 0 Å². The number of rotatable bonds is 1. The van der Waals surface area contributed by atoms with E-state index >= 15 is 0 Å². The minimum atomic E-state index is -0.0791. The van der Waals surface area contributed by atoms with Crippen molar-refractivity contribution in [2.24, 2.45) is 0 Å². The zero-order chi connectivity index (χ0) is 11.1. The van der Waals surface area contributed by atoms with Crippen molar-refractivity contribution in [2.75, 3.05) is 0 Å². The molecule has 0 unspecified atom stereocenters. The standard InChI is InChI=1S/C14H7O2/c15-8-9-4-3-7-11-10-5-1-2-6-12(10)14(16)13(9)11/h1-7H. The molecule has 2 heteroatoms. The third-order valence-electron chi connectivity index (χ3n) is 2.86. The fraction of sp³-hybridized carbons (Fsp3) is 0. The fourth-order valence-electron chi connectivity index (χ4n) is 2.16. The summed E-state index contributed by atoms with van der Waals surface area (Å²) in [5.41, 5.74) is 3.23. The van der Waals surface area contributed by atoms with Crippen LogP contribution in [0.25, 0.3) is 11.1 Å². The molecule has 1 aliphatic rings. The fourth-order valence-corrected chi connectivity index (χ4v) is 2.16. The molecule has 0 bridgehead atoms. The van der Waals surface area contributed by atoms with E-state index in [0.717, 1.165) is 11.1 Å². The number of carbonyl (C=O) groups is 1. The van der Waals surface area contributed by atoms with E-state index in [1.807, 2.05) is 30.6 Å². The van der Waals surface area contributed by atoms with Crippen molar-refractivity contribution in [3.63, 3.8) is 0 Å². The lowest BCUT2D eigenvalue weighted by molar-refractivity contribution is 0.104. The van der Waals surface area contributed by atoms with Gasteiger partial charge in [-0.25, -0.2) is 0 Å². The first-order chi connectivity index (χ1) is 7.83. The van der Waals surface area contributed by atoms with Gasteiger partial charge in [-0.2, -0.15) is 0 Å². The molecule has 0 spiro atoms. The van der Waals surface area contributed by atoms with Crippen LogP contribution >= 0.6 is 0 Å². The zero-order valence-electron chi connectivity index (χ0n) is 8.36. The van der Waals surface area contributed by atoms with Crippen LogP contribution in [0.4, 0.5) is 0 Å². The van der Waals surface area contributed by atoms with Gasteiger partial charge in [0.2, 0.25) is 6.29 Å². The van der Waals surface area contributed by atoms with E-state index in [0.29, 0.717) is 16.7 Å². The Morgan fingerprint density at radius 2 is 1.50 bits per heavy atom.